The van der Waals surface area contributed by atoms with Gasteiger partial charge in [-0.3, -0.25) is 0 Å². The van der Waals surface area contributed by atoms with Gasteiger partial charge in [0, 0.05) is 5.92 Å². The Kier molecular flexibility index (Phi) is 7.69. The van der Waals surface area contributed by atoms with Crippen molar-refractivity contribution in [1.29, 1.82) is 0 Å². The maximum absolute atomic E-state index is 2.52. The van der Waals surface area contributed by atoms with Crippen LogP contribution in [0.4, 0.5) is 0 Å². The number of rotatable bonds is 2. The fourth-order valence-corrected chi connectivity index (χ4v) is 5.48. The molecule has 0 amide bonds. The van der Waals surface area contributed by atoms with Crippen LogP contribution in [-0.4, -0.2) is 0 Å². The molecule has 2 aromatic carbocycles. The van der Waals surface area contributed by atoms with Crippen molar-refractivity contribution in [3.05, 3.63) is 68.8 Å². The summed E-state index contributed by atoms with van der Waals surface area (Å²) in [6.45, 7) is 40.3. The van der Waals surface area contributed by atoms with E-state index in [-0.39, 0.29) is 27.1 Å². The van der Waals surface area contributed by atoms with Crippen molar-refractivity contribution in [3.63, 3.8) is 0 Å². The first kappa shape index (κ1) is 29.7. The lowest BCUT2D eigenvalue weighted by molar-refractivity contribution is 0.347. The fraction of sp³-hybridized carbons (Fsp3) is 0.657. The minimum atomic E-state index is 0.0615. The molecule has 0 heterocycles. The Balaban J connectivity index is 3.12. The molecular weight excluding hydrogens is 420 g/mol. The Hall–Kier alpha value is -1.56. The standard InChI is InChI=1S/C35H56/c1-22-18-24(31(3,4)5)20-26(33(9,10)11)28(22)30(35(15,16)17)29-23(2)19-25(32(6,7)8)21-27(29)34(12,13)14/h18-21,30H,1-17H3. The molecule has 0 aliphatic rings. The van der Waals surface area contributed by atoms with Gasteiger partial charge in [-0.2, -0.15) is 0 Å². The van der Waals surface area contributed by atoms with Gasteiger partial charge in [-0.15, -0.1) is 0 Å². The van der Waals surface area contributed by atoms with Crippen LogP contribution in [-0.2, 0) is 21.7 Å². The predicted molar refractivity (Wildman–Crippen MR) is 158 cm³/mol. The van der Waals surface area contributed by atoms with Crippen LogP contribution < -0.4 is 0 Å². The zero-order valence-corrected chi connectivity index (χ0v) is 26.4. The molecular formula is C35H56. The van der Waals surface area contributed by atoms with Gasteiger partial charge >= 0.3 is 0 Å². The fourth-order valence-electron chi connectivity index (χ4n) is 5.48. The van der Waals surface area contributed by atoms with Crippen molar-refractivity contribution in [3.8, 4) is 0 Å². The highest BCUT2D eigenvalue weighted by molar-refractivity contribution is 5.55. The summed E-state index contributed by atoms with van der Waals surface area (Å²) in [5.41, 5.74) is 12.3. The van der Waals surface area contributed by atoms with Crippen LogP contribution in [0.3, 0.4) is 0 Å². The number of aryl methyl sites for hydroxylation is 2. The van der Waals surface area contributed by atoms with Gasteiger partial charge in [0.25, 0.3) is 0 Å². The van der Waals surface area contributed by atoms with Gasteiger partial charge in [-0.25, -0.2) is 0 Å². The van der Waals surface area contributed by atoms with Crippen LogP contribution in [0.1, 0.15) is 154 Å². The van der Waals surface area contributed by atoms with Crippen molar-refractivity contribution in [1.82, 2.24) is 0 Å². The minimum Gasteiger partial charge on any atom is -0.0593 e. The maximum atomic E-state index is 2.52. The summed E-state index contributed by atoms with van der Waals surface area (Å²) < 4.78 is 0. The minimum absolute atomic E-state index is 0.0615. The molecule has 0 aliphatic heterocycles. The van der Waals surface area contributed by atoms with Gasteiger partial charge in [0.15, 0.2) is 0 Å². The average molecular weight is 477 g/mol. The van der Waals surface area contributed by atoms with Gasteiger partial charge in [0.1, 0.15) is 0 Å². The predicted octanol–water partition coefficient (Wildman–Crippen LogP) is 10.7. The highest BCUT2D eigenvalue weighted by atomic mass is 14.4. The summed E-state index contributed by atoms with van der Waals surface area (Å²) in [6.07, 6.45) is 0. The van der Waals surface area contributed by atoms with Crippen molar-refractivity contribution < 1.29 is 0 Å². The van der Waals surface area contributed by atoms with E-state index in [1.54, 1.807) is 0 Å². The molecule has 0 fully saturated rings. The summed E-state index contributed by atoms with van der Waals surface area (Å²) in [4.78, 5) is 0. The highest BCUT2D eigenvalue weighted by Gasteiger charge is 2.38. The maximum Gasteiger partial charge on any atom is 0.0149 e. The van der Waals surface area contributed by atoms with Crippen LogP contribution in [0, 0.1) is 19.3 Å². The average Bonchev–Trinajstić information content (AvgIpc) is 2.59. The smallest absolute Gasteiger partial charge is 0.0149 e. The van der Waals surface area contributed by atoms with Crippen LogP contribution in [0.15, 0.2) is 24.3 Å². The van der Waals surface area contributed by atoms with Crippen LogP contribution in [0.2, 0.25) is 0 Å². The summed E-state index contributed by atoms with van der Waals surface area (Å²) in [7, 11) is 0. The Morgan fingerprint density at radius 2 is 0.714 bits per heavy atom. The molecule has 35 heavy (non-hydrogen) atoms. The quantitative estimate of drug-likeness (QED) is 0.404. The van der Waals surface area contributed by atoms with Gasteiger partial charge in [-0.1, -0.05) is 128 Å². The van der Waals surface area contributed by atoms with Crippen LogP contribution in [0.5, 0.6) is 0 Å². The van der Waals surface area contributed by atoms with E-state index in [1.165, 1.54) is 44.5 Å². The number of hydrogen-bond acceptors (Lipinski definition) is 0. The molecule has 0 heteroatoms. The van der Waals surface area contributed by atoms with E-state index in [0.717, 1.165) is 0 Å². The topological polar surface area (TPSA) is 0 Å². The molecule has 0 spiro atoms. The SMILES string of the molecule is Cc1cc(C(C)(C)C)cc(C(C)(C)C)c1C(c1c(C)cc(C(C)(C)C)cc1C(C)(C)C)C(C)(C)C. The molecule has 196 valence electrons. The van der Waals surface area contributed by atoms with Crippen LogP contribution >= 0.6 is 0 Å². The highest BCUT2D eigenvalue weighted by Crippen LogP contribution is 2.50. The second kappa shape index (κ2) is 9.08. The molecule has 0 aliphatic carbocycles. The molecule has 2 rings (SSSR count). The second-order valence-corrected chi connectivity index (χ2v) is 16.3. The summed E-state index contributed by atoms with van der Waals surface area (Å²) in [6, 6.07) is 9.99. The molecule has 0 saturated carbocycles. The van der Waals surface area contributed by atoms with Crippen molar-refractivity contribution >= 4 is 0 Å². The molecule has 0 atom stereocenters. The van der Waals surface area contributed by atoms with E-state index in [1.807, 2.05) is 0 Å². The summed E-state index contributed by atoms with van der Waals surface area (Å²) in [5.74, 6) is 0.314. The van der Waals surface area contributed by atoms with E-state index in [2.05, 4.69) is 142 Å². The molecule has 2 aromatic rings. The Morgan fingerprint density at radius 3 is 0.914 bits per heavy atom. The van der Waals surface area contributed by atoms with Crippen molar-refractivity contribution in [2.75, 3.05) is 0 Å². The third-order valence-electron chi connectivity index (χ3n) is 7.57. The zero-order chi connectivity index (χ0) is 27.5. The van der Waals surface area contributed by atoms with E-state index in [0.29, 0.717) is 5.92 Å². The normalized spacial score (nSPS) is 14.1. The molecule has 0 nitrogen and oxygen atoms in total. The number of hydrogen-bond donors (Lipinski definition) is 0. The molecule has 0 bridgehead atoms. The first-order valence-corrected chi connectivity index (χ1v) is 13.7. The van der Waals surface area contributed by atoms with Gasteiger partial charge in [0.2, 0.25) is 0 Å². The lowest BCUT2D eigenvalue weighted by Crippen LogP contribution is -2.30. The molecule has 0 aromatic heterocycles. The lowest BCUT2D eigenvalue weighted by Gasteiger charge is -2.41. The van der Waals surface area contributed by atoms with E-state index < -0.39 is 0 Å². The Morgan fingerprint density at radius 1 is 0.429 bits per heavy atom. The van der Waals surface area contributed by atoms with E-state index in [9.17, 15) is 0 Å². The lowest BCUT2D eigenvalue weighted by atomic mass is 9.62. The zero-order valence-electron chi connectivity index (χ0n) is 26.4. The van der Waals surface area contributed by atoms with Gasteiger partial charge in [-0.05, 0) is 85.4 Å². The second-order valence-electron chi connectivity index (χ2n) is 16.3. The number of benzene rings is 2. The van der Waals surface area contributed by atoms with Crippen LogP contribution in [0.25, 0.3) is 0 Å². The summed E-state index contributed by atoms with van der Waals surface area (Å²) in [5, 5.41) is 0. The monoisotopic (exact) mass is 476 g/mol. The largest absolute Gasteiger partial charge is 0.0593 e. The summed E-state index contributed by atoms with van der Waals surface area (Å²) >= 11 is 0. The van der Waals surface area contributed by atoms with E-state index in [4.69, 9.17) is 0 Å². The molecule has 0 radical (unpaired) electrons. The third-order valence-corrected chi connectivity index (χ3v) is 7.57. The van der Waals surface area contributed by atoms with Crippen molar-refractivity contribution in [2.45, 2.75) is 145 Å². The van der Waals surface area contributed by atoms with Gasteiger partial charge < -0.3 is 0 Å². The Labute approximate surface area is 219 Å². The first-order chi connectivity index (χ1) is 15.4. The molecule has 0 unspecified atom stereocenters. The van der Waals surface area contributed by atoms with Gasteiger partial charge in [0.05, 0.1) is 0 Å². The molecule has 0 saturated heterocycles. The molecule has 0 N–H and O–H groups in total. The Bertz CT molecular complexity index is 976. The third kappa shape index (κ3) is 6.42. The van der Waals surface area contributed by atoms with Crippen molar-refractivity contribution in [2.24, 2.45) is 5.41 Å². The first-order valence-electron chi connectivity index (χ1n) is 13.7. The van der Waals surface area contributed by atoms with E-state index >= 15 is 0 Å².